The van der Waals surface area contributed by atoms with Crippen LogP contribution in [0.2, 0.25) is 0 Å². The molecule has 1 aliphatic heterocycles. The second-order valence-corrected chi connectivity index (χ2v) is 17.4. The van der Waals surface area contributed by atoms with Gasteiger partial charge in [0.2, 0.25) is 0 Å². The van der Waals surface area contributed by atoms with Crippen LogP contribution < -0.4 is 0 Å². The van der Waals surface area contributed by atoms with E-state index in [0.29, 0.717) is 25.7 Å². The maximum atomic E-state index is 13.0. The summed E-state index contributed by atoms with van der Waals surface area (Å²) in [5, 5.41) is 31.4. The number of ether oxygens (including phenoxy) is 5. The van der Waals surface area contributed by atoms with Gasteiger partial charge in [0.05, 0.1) is 6.61 Å². The van der Waals surface area contributed by atoms with E-state index in [1.165, 1.54) is 0 Å². The first-order valence-corrected chi connectivity index (χ1v) is 26.8. The molecule has 0 spiro atoms. The maximum Gasteiger partial charge on any atom is 0.335 e. The van der Waals surface area contributed by atoms with Gasteiger partial charge in [-0.05, 0) is 109 Å². The maximum absolute atomic E-state index is 13.0. The third-order valence-electron chi connectivity index (χ3n) is 10.9. The third kappa shape index (κ3) is 37.9. The van der Waals surface area contributed by atoms with E-state index in [1.807, 2.05) is 30.4 Å². The summed E-state index contributed by atoms with van der Waals surface area (Å²) < 4.78 is 28.1. The van der Waals surface area contributed by atoms with Crippen molar-refractivity contribution >= 4 is 23.9 Å². The molecule has 0 amide bonds. The van der Waals surface area contributed by atoms with Crippen molar-refractivity contribution in [3.8, 4) is 0 Å². The molecule has 1 rings (SSSR count). The van der Waals surface area contributed by atoms with Gasteiger partial charge in [0.15, 0.2) is 24.6 Å². The molecule has 406 valence electrons. The Hall–Kier alpha value is -5.40. The van der Waals surface area contributed by atoms with E-state index in [2.05, 4.69) is 136 Å². The van der Waals surface area contributed by atoms with E-state index < -0.39 is 73.9 Å². The van der Waals surface area contributed by atoms with Gasteiger partial charge in [0, 0.05) is 19.3 Å². The van der Waals surface area contributed by atoms with E-state index in [4.69, 9.17) is 23.7 Å². The summed E-state index contributed by atoms with van der Waals surface area (Å²) in [6.07, 6.45) is 55.8. The van der Waals surface area contributed by atoms with Crippen molar-refractivity contribution in [2.24, 2.45) is 0 Å². The lowest BCUT2D eigenvalue weighted by molar-refractivity contribution is -0.301. The van der Waals surface area contributed by atoms with E-state index in [-0.39, 0.29) is 19.3 Å². The Morgan fingerprint density at radius 2 is 0.849 bits per heavy atom. The molecular formula is C61H90O12. The summed E-state index contributed by atoms with van der Waals surface area (Å²) in [7, 11) is 0. The Bertz CT molecular complexity index is 1830. The number of carbonyl (C=O) groups is 4. The largest absolute Gasteiger partial charge is 0.479 e. The van der Waals surface area contributed by atoms with Crippen LogP contribution in [0.15, 0.2) is 146 Å². The van der Waals surface area contributed by atoms with Gasteiger partial charge in [0.1, 0.15) is 18.8 Å². The van der Waals surface area contributed by atoms with Crippen molar-refractivity contribution in [2.45, 2.75) is 199 Å². The Kier molecular flexibility index (Phi) is 42.8. The van der Waals surface area contributed by atoms with E-state index in [0.717, 1.165) is 96.3 Å². The van der Waals surface area contributed by atoms with Crippen LogP contribution >= 0.6 is 0 Å². The van der Waals surface area contributed by atoms with Crippen LogP contribution in [0.1, 0.15) is 162 Å². The molecule has 0 aromatic heterocycles. The molecule has 12 nitrogen and oxygen atoms in total. The van der Waals surface area contributed by atoms with Gasteiger partial charge in [-0.1, -0.05) is 179 Å². The molecule has 0 radical (unpaired) electrons. The zero-order valence-corrected chi connectivity index (χ0v) is 44.3. The van der Waals surface area contributed by atoms with Crippen LogP contribution in [0, 0.1) is 0 Å². The number of hydrogen-bond acceptors (Lipinski definition) is 11. The Morgan fingerprint density at radius 3 is 1.29 bits per heavy atom. The van der Waals surface area contributed by atoms with Crippen LogP contribution in [0.5, 0.6) is 0 Å². The quantitative estimate of drug-likeness (QED) is 0.0229. The van der Waals surface area contributed by atoms with Gasteiger partial charge in [0.25, 0.3) is 0 Å². The number of unbranched alkanes of at least 4 members (excludes halogenated alkanes) is 4. The molecular weight excluding hydrogens is 925 g/mol. The summed E-state index contributed by atoms with van der Waals surface area (Å²) in [4.78, 5) is 50.9. The standard InChI is InChI=1S/C61H90O12/c1-4-7-10-13-16-19-22-25-26-27-28-31-34-37-40-43-46-49-55(64)72-59-57(66)56(65)58(60(67)68)73-61(59)70-51-52(71-54(63)48-45-42-39-36-33-30-24-21-18-15-12-9-6-3)50-69-53(62)47-44-41-38-35-32-29-23-20-17-14-11-8-5-2/h7-12,16-21,25-26,28-33,38-39,41-42,52,56-59,61,65-66H,4-6,13-15,22-24,27,34-37,40,43-51H2,1-3H3,(H,67,68)/b10-7-,11-8-,12-9-,19-16-,20-17-,21-18-,26-25-,31-28-,32-29-,33-30-,41-38-,42-39-. The van der Waals surface area contributed by atoms with Crippen molar-refractivity contribution in [2.75, 3.05) is 13.2 Å². The predicted molar refractivity (Wildman–Crippen MR) is 293 cm³/mol. The normalized spacial score (nSPS) is 19.5. The van der Waals surface area contributed by atoms with E-state index in [1.54, 1.807) is 0 Å². The van der Waals surface area contributed by atoms with Crippen molar-refractivity contribution in [3.63, 3.8) is 0 Å². The summed E-state index contributed by atoms with van der Waals surface area (Å²) in [6.45, 7) is 5.46. The minimum Gasteiger partial charge on any atom is -0.479 e. The lowest BCUT2D eigenvalue weighted by Crippen LogP contribution is -2.61. The number of aliphatic carboxylic acids is 1. The third-order valence-corrected chi connectivity index (χ3v) is 10.9. The van der Waals surface area contributed by atoms with Gasteiger partial charge < -0.3 is 39.0 Å². The smallest absolute Gasteiger partial charge is 0.335 e. The van der Waals surface area contributed by atoms with Gasteiger partial charge in [-0.2, -0.15) is 0 Å². The molecule has 1 aliphatic rings. The minimum atomic E-state index is -1.94. The highest BCUT2D eigenvalue weighted by atomic mass is 16.7. The molecule has 6 unspecified atom stereocenters. The lowest BCUT2D eigenvalue weighted by atomic mass is 9.98. The lowest BCUT2D eigenvalue weighted by Gasteiger charge is -2.40. The molecule has 3 N–H and O–H groups in total. The number of aliphatic hydroxyl groups is 2. The Labute approximate surface area is 438 Å². The molecule has 0 bridgehead atoms. The van der Waals surface area contributed by atoms with Gasteiger partial charge in [-0.25, -0.2) is 4.79 Å². The summed E-state index contributed by atoms with van der Waals surface area (Å²) in [5.41, 5.74) is 0. The molecule has 0 aromatic rings. The van der Waals surface area contributed by atoms with Crippen molar-refractivity contribution in [3.05, 3.63) is 146 Å². The highest BCUT2D eigenvalue weighted by Crippen LogP contribution is 2.26. The van der Waals surface area contributed by atoms with Gasteiger partial charge in [-0.3, -0.25) is 14.4 Å². The second kappa shape index (κ2) is 47.6. The van der Waals surface area contributed by atoms with Gasteiger partial charge in [-0.15, -0.1) is 0 Å². The van der Waals surface area contributed by atoms with E-state index >= 15 is 0 Å². The molecule has 12 heteroatoms. The molecule has 1 saturated heterocycles. The molecule has 0 aliphatic carbocycles. The summed E-state index contributed by atoms with van der Waals surface area (Å²) in [5.74, 6) is -3.40. The first-order chi connectivity index (χ1) is 35.6. The van der Waals surface area contributed by atoms with Crippen LogP contribution in [-0.4, -0.2) is 89.2 Å². The number of carbonyl (C=O) groups excluding carboxylic acids is 3. The monoisotopic (exact) mass is 1010 g/mol. The fourth-order valence-electron chi connectivity index (χ4n) is 6.91. The first-order valence-electron chi connectivity index (χ1n) is 26.8. The number of carboxylic acid groups (broad SMARTS) is 1. The zero-order chi connectivity index (χ0) is 53.3. The van der Waals surface area contributed by atoms with Gasteiger partial charge >= 0.3 is 23.9 Å². The number of rotatable bonds is 42. The van der Waals surface area contributed by atoms with Crippen molar-refractivity contribution in [1.82, 2.24) is 0 Å². The highest BCUT2D eigenvalue weighted by molar-refractivity contribution is 5.74. The number of carboxylic acids is 1. The summed E-state index contributed by atoms with van der Waals surface area (Å²) in [6, 6.07) is 0. The van der Waals surface area contributed by atoms with Crippen LogP contribution in [0.25, 0.3) is 0 Å². The Balaban J connectivity index is 2.82. The van der Waals surface area contributed by atoms with Crippen LogP contribution in [0.4, 0.5) is 0 Å². The topological polar surface area (TPSA) is 175 Å². The molecule has 73 heavy (non-hydrogen) atoms. The predicted octanol–water partition coefficient (Wildman–Crippen LogP) is 13.2. The fraction of sp³-hybridized carbons (Fsp3) is 0.541. The number of hydrogen-bond donors (Lipinski definition) is 3. The first kappa shape index (κ1) is 65.6. The Morgan fingerprint density at radius 1 is 0.452 bits per heavy atom. The van der Waals surface area contributed by atoms with Crippen molar-refractivity contribution < 1.29 is 58.2 Å². The van der Waals surface area contributed by atoms with Crippen LogP contribution in [0.3, 0.4) is 0 Å². The average Bonchev–Trinajstić information content (AvgIpc) is 3.37. The molecule has 0 aromatic carbocycles. The average molecular weight is 1020 g/mol. The highest BCUT2D eigenvalue weighted by Gasteiger charge is 2.50. The molecule has 0 saturated carbocycles. The number of allylic oxidation sites excluding steroid dienone is 24. The zero-order valence-electron chi connectivity index (χ0n) is 44.3. The SMILES string of the molecule is CC/C=C\C/C=C\C/C=C\C/C=C\CCCCCCC(=O)OC1C(OCC(COC(=O)CC/C=C\C/C=C\C/C=C\C/C=C\CC)OC(=O)CC/C=C\C/C=C\C/C=C\C/C=C\CC)OC(C(=O)O)C(O)C1O. The molecule has 6 atom stereocenters. The second-order valence-electron chi connectivity index (χ2n) is 17.4. The number of aliphatic hydroxyl groups excluding tert-OH is 2. The molecule has 1 heterocycles. The number of esters is 3. The fourth-order valence-corrected chi connectivity index (χ4v) is 6.91. The van der Waals surface area contributed by atoms with Crippen molar-refractivity contribution in [1.29, 1.82) is 0 Å². The molecule has 1 fully saturated rings. The van der Waals surface area contributed by atoms with E-state index in [9.17, 15) is 34.5 Å². The minimum absolute atomic E-state index is 0.00868. The summed E-state index contributed by atoms with van der Waals surface area (Å²) >= 11 is 0. The van der Waals surface area contributed by atoms with Crippen LogP contribution in [-0.2, 0) is 42.9 Å².